The van der Waals surface area contributed by atoms with Gasteiger partial charge in [-0.25, -0.2) is 0 Å². The molecule has 2 aliphatic rings. The summed E-state index contributed by atoms with van der Waals surface area (Å²) in [6.07, 6.45) is 6.17. The number of amides is 1. The summed E-state index contributed by atoms with van der Waals surface area (Å²) in [6, 6.07) is 8.13. The fourth-order valence-electron chi connectivity index (χ4n) is 3.80. The molecule has 1 aromatic carbocycles. The van der Waals surface area contributed by atoms with E-state index in [1.54, 1.807) is 0 Å². The van der Waals surface area contributed by atoms with Crippen LogP contribution >= 0.6 is 0 Å². The third-order valence-corrected chi connectivity index (χ3v) is 5.33. The number of hydrogen-bond donors (Lipinski definition) is 2. The van der Waals surface area contributed by atoms with E-state index in [1.807, 2.05) is 0 Å². The van der Waals surface area contributed by atoms with E-state index in [9.17, 15) is 4.79 Å². The molecule has 1 amide bonds. The molecule has 5 heteroatoms. The Bertz CT molecular complexity index is 558. The average molecular weight is 346 g/mol. The summed E-state index contributed by atoms with van der Waals surface area (Å²) in [5, 5.41) is 2.95. The summed E-state index contributed by atoms with van der Waals surface area (Å²) in [7, 11) is 0. The lowest BCUT2D eigenvalue weighted by molar-refractivity contribution is -0.124. The van der Waals surface area contributed by atoms with E-state index in [0.29, 0.717) is 26.4 Å². The Hall–Kier alpha value is -1.43. The molecule has 0 radical (unpaired) electrons. The van der Waals surface area contributed by atoms with Crippen molar-refractivity contribution in [3.8, 4) is 0 Å². The first-order valence-electron chi connectivity index (χ1n) is 9.56. The molecule has 3 N–H and O–H groups in total. The van der Waals surface area contributed by atoms with Crippen molar-refractivity contribution in [2.75, 3.05) is 26.4 Å². The standard InChI is InChI=1S/C20H30N2O3/c21-19(16-9-13-24-14-10-16)20(23)22-11-4-12-25-18-8-3-6-15-5-1-2-7-17(15)18/h1-2,5,7,16,18-19H,3-4,6,8-14,21H2,(H,22,23). The lowest BCUT2D eigenvalue weighted by Crippen LogP contribution is -2.47. The molecule has 0 spiro atoms. The zero-order chi connectivity index (χ0) is 17.5. The maximum atomic E-state index is 12.2. The van der Waals surface area contributed by atoms with Crippen molar-refractivity contribution in [1.29, 1.82) is 0 Å². The van der Waals surface area contributed by atoms with Gasteiger partial charge in [-0.05, 0) is 55.6 Å². The van der Waals surface area contributed by atoms with Gasteiger partial charge in [-0.1, -0.05) is 24.3 Å². The van der Waals surface area contributed by atoms with E-state index in [4.69, 9.17) is 15.2 Å². The van der Waals surface area contributed by atoms with Gasteiger partial charge in [-0.3, -0.25) is 4.79 Å². The highest BCUT2D eigenvalue weighted by Gasteiger charge is 2.26. The van der Waals surface area contributed by atoms with Gasteiger partial charge in [-0.15, -0.1) is 0 Å². The summed E-state index contributed by atoms with van der Waals surface area (Å²) >= 11 is 0. The maximum absolute atomic E-state index is 12.2. The number of fused-ring (bicyclic) bond motifs is 1. The van der Waals surface area contributed by atoms with Crippen LogP contribution in [0.2, 0.25) is 0 Å². The molecule has 1 aliphatic heterocycles. The van der Waals surface area contributed by atoms with Crippen molar-refractivity contribution in [2.24, 2.45) is 11.7 Å². The van der Waals surface area contributed by atoms with Crippen molar-refractivity contribution in [2.45, 2.75) is 50.7 Å². The molecule has 2 atom stereocenters. The molecule has 3 rings (SSSR count). The van der Waals surface area contributed by atoms with Crippen molar-refractivity contribution < 1.29 is 14.3 Å². The number of carbonyl (C=O) groups is 1. The first-order chi connectivity index (χ1) is 12.3. The van der Waals surface area contributed by atoms with Crippen molar-refractivity contribution >= 4 is 5.91 Å². The number of benzene rings is 1. The molecular weight excluding hydrogens is 316 g/mol. The topological polar surface area (TPSA) is 73.6 Å². The van der Waals surface area contributed by atoms with Crippen LogP contribution in [0.1, 0.15) is 49.3 Å². The van der Waals surface area contributed by atoms with Gasteiger partial charge in [0.05, 0.1) is 12.1 Å². The van der Waals surface area contributed by atoms with Gasteiger partial charge in [0.1, 0.15) is 0 Å². The molecule has 5 nitrogen and oxygen atoms in total. The van der Waals surface area contributed by atoms with E-state index in [2.05, 4.69) is 29.6 Å². The molecule has 25 heavy (non-hydrogen) atoms. The summed E-state index contributed by atoms with van der Waals surface area (Å²) < 4.78 is 11.4. The molecule has 0 aromatic heterocycles. The Labute approximate surface area is 150 Å². The smallest absolute Gasteiger partial charge is 0.237 e. The minimum Gasteiger partial charge on any atom is -0.381 e. The maximum Gasteiger partial charge on any atom is 0.237 e. The number of nitrogens with one attached hydrogen (secondary N) is 1. The summed E-state index contributed by atoms with van der Waals surface area (Å²) in [5.41, 5.74) is 8.82. The highest BCUT2D eigenvalue weighted by Crippen LogP contribution is 2.32. The van der Waals surface area contributed by atoms with Gasteiger partial charge in [0.2, 0.25) is 5.91 Å². The Morgan fingerprint density at radius 2 is 2.08 bits per heavy atom. The second-order valence-corrected chi connectivity index (χ2v) is 7.07. The summed E-state index contributed by atoms with van der Waals surface area (Å²) in [4.78, 5) is 12.2. The van der Waals surface area contributed by atoms with Crippen LogP contribution in [-0.2, 0) is 20.7 Å². The molecule has 1 fully saturated rings. The minimum atomic E-state index is -0.421. The van der Waals surface area contributed by atoms with E-state index >= 15 is 0 Å². The van der Waals surface area contributed by atoms with Gasteiger partial charge in [0.15, 0.2) is 0 Å². The van der Waals surface area contributed by atoms with Crippen LogP contribution in [0.5, 0.6) is 0 Å². The quantitative estimate of drug-likeness (QED) is 0.743. The molecular formula is C20H30N2O3. The fraction of sp³-hybridized carbons (Fsp3) is 0.650. The van der Waals surface area contributed by atoms with Gasteiger partial charge >= 0.3 is 0 Å². The average Bonchev–Trinajstić information content (AvgIpc) is 2.67. The number of hydrogen-bond acceptors (Lipinski definition) is 4. The zero-order valence-corrected chi connectivity index (χ0v) is 14.9. The van der Waals surface area contributed by atoms with E-state index in [1.165, 1.54) is 17.5 Å². The molecule has 138 valence electrons. The lowest BCUT2D eigenvalue weighted by atomic mass is 9.89. The van der Waals surface area contributed by atoms with Crippen LogP contribution in [0.25, 0.3) is 0 Å². The highest BCUT2D eigenvalue weighted by molar-refractivity contribution is 5.81. The van der Waals surface area contributed by atoms with Crippen LogP contribution in [0.3, 0.4) is 0 Å². The normalized spacial score (nSPS) is 22.2. The van der Waals surface area contributed by atoms with Crippen LogP contribution in [0.4, 0.5) is 0 Å². The molecule has 1 aliphatic carbocycles. The Morgan fingerprint density at radius 1 is 1.28 bits per heavy atom. The molecule has 0 saturated carbocycles. The molecule has 1 aromatic rings. The van der Waals surface area contributed by atoms with Crippen LogP contribution in [0, 0.1) is 5.92 Å². The Kier molecular flexibility index (Phi) is 6.84. The molecule has 2 unspecified atom stereocenters. The fourth-order valence-corrected chi connectivity index (χ4v) is 3.80. The number of nitrogens with two attached hydrogens (primary N) is 1. The van der Waals surface area contributed by atoms with Crippen LogP contribution < -0.4 is 11.1 Å². The second kappa shape index (κ2) is 9.32. The Balaban J connectivity index is 1.34. The van der Waals surface area contributed by atoms with Gasteiger partial charge in [0.25, 0.3) is 0 Å². The van der Waals surface area contributed by atoms with Crippen molar-refractivity contribution in [3.05, 3.63) is 35.4 Å². The second-order valence-electron chi connectivity index (χ2n) is 7.07. The van der Waals surface area contributed by atoms with E-state index in [-0.39, 0.29) is 17.9 Å². The molecule has 0 bridgehead atoms. The van der Waals surface area contributed by atoms with Gasteiger partial charge < -0.3 is 20.5 Å². The summed E-state index contributed by atoms with van der Waals surface area (Å²) in [5.74, 6) is 0.193. The SMILES string of the molecule is NC(C(=O)NCCCOC1CCCc2ccccc21)C1CCOCC1. The third kappa shape index (κ3) is 5.03. The molecule has 1 heterocycles. The number of rotatable bonds is 7. The minimum absolute atomic E-state index is 0.0464. The number of carbonyl (C=O) groups excluding carboxylic acids is 1. The number of aryl methyl sites for hydroxylation is 1. The summed E-state index contributed by atoms with van der Waals surface area (Å²) in [6.45, 7) is 2.70. The number of ether oxygens (including phenoxy) is 2. The predicted octanol–water partition coefficient (Wildman–Crippen LogP) is 2.34. The van der Waals surface area contributed by atoms with Crippen LogP contribution in [-0.4, -0.2) is 38.3 Å². The predicted molar refractivity (Wildman–Crippen MR) is 97.2 cm³/mol. The first-order valence-corrected chi connectivity index (χ1v) is 9.56. The lowest BCUT2D eigenvalue weighted by Gasteiger charge is -2.27. The van der Waals surface area contributed by atoms with Crippen LogP contribution in [0.15, 0.2) is 24.3 Å². The third-order valence-electron chi connectivity index (χ3n) is 5.33. The largest absolute Gasteiger partial charge is 0.381 e. The van der Waals surface area contributed by atoms with Crippen molar-refractivity contribution in [3.63, 3.8) is 0 Å². The van der Waals surface area contributed by atoms with Gasteiger partial charge in [0, 0.05) is 26.4 Å². The van der Waals surface area contributed by atoms with E-state index < -0.39 is 6.04 Å². The molecule has 1 saturated heterocycles. The monoisotopic (exact) mass is 346 g/mol. The zero-order valence-electron chi connectivity index (χ0n) is 14.9. The highest BCUT2D eigenvalue weighted by atomic mass is 16.5. The van der Waals surface area contributed by atoms with Crippen molar-refractivity contribution in [1.82, 2.24) is 5.32 Å². The Morgan fingerprint density at radius 3 is 2.92 bits per heavy atom. The van der Waals surface area contributed by atoms with E-state index in [0.717, 1.165) is 32.1 Å². The first kappa shape index (κ1) is 18.4. The van der Waals surface area contributed by atoms with Gasteiger partial charge in [-0.2, -0.15) is 0 Å².